The average Bonchev–Trinajstić information content (AvgIpc) is 3.10. The molecule has 51 heavy (non-hydrogen) atoms. The summed E-state index contributed by atoms with van der Waals surface area (Å²) in [6.45, 7) is 4.57. The Labute approximate surface area is 339 Å². The zero-order valence-corrected chi connectivity index (χ0v) is 36.9. The second-order valence-electron chi connectivity index (χ2n) is 15.6. The fourth-order valence-corrected chi connectivity index (χ4v) is 8.90. The van der Waals surface area contributed by atoms with Crippen LogP contribution in [0.25, 0.3) is 10.8 Å². The largest absolute Gasteiger partial charge is 1.00 e. The molecule has 0 N–H and O–H groups in total. The van der Waals surface area contributed by atoms with Crippen LogP contribution >= 0.6 is 0 Å². The van der Waals surface area contributed by atoms with Crippen LogP contribution in [-0.2, 0) is 23.0 Å². The first-order chi connectivity index (χ1) is 24.5. The monoisotopic (exact) mass is 735 g/mol. The van der Waals surface area contributed by atoms with Gasteiger partial charge in [0.1, 0.15) is 10.1 Å². The van der Waals surface area contributed by atoms with Gasteiger partial charge in [-0.2, -0.15) is 0 Å². The molecule has 0 aliphatic heterocycles. The molecule has 2 rings (SSSR count). The van der Waals surface area contributed by atoms with E-state index < -0.39 is 10.1 Å². The molecule has 5 heteroatoms. The van der Waals surface area contributed by atoms with Gasteiger partial charge in [-0.25, -0.2) is 8.42 Å². The standard InChI is InChI=1S/C46H80O3S.Na/c1-3-5-7-9-11-13-15-17-19-21-23-25-27-29-31-33-37-42-41-43-38-35-36-40-45(43)46(50(47,48)49)44(42)39-34-32-30-28-26-24-22-20-18-16-14-12-10-8-6-4-2;/h35-36,38,40-41H,3-34,37,39H2,1-2H3,(H,47,48,49);/q;+1/p-1. The SMILES string of the molecule is CCCCCCCCCCCCCCCCCCc1cc2ccccc2c(S(=O)(=O)[O-])c1CCCCCCCCCCCCCCCCCC.[Na+]. The fourth-order valence-electron chi connectivity index (χ4n) is 7.91. The smallest absolute Gasteiger partial charge is 0.744 e. The van der Waals surface area contributed by atoms with Crippen molar-refractivity contribution in [1.82, 2.24) is 0 Å². The van der Waals surface area contributed by atoms with Crippen LogP contribution in [0.2, 0.25) is 0 Å². The minimum Gasteiger partial charge on any atom is -0.744 e. The summed E-state index contributed by atoms with van der Waals surface area (Å²) in [7, 11) is -4.57. The summed E-state index contributed by atoms with van der Waals surface area (Å²) < 4.78 is 38.0. The van der Waals surface area contributed by atoms with Gasteiger partial charge in [-0.3, -0.25) is 0 Å². The van der Waals surface area contributed by atoms with E-state index in [1.165, 1.54) is 186 Å². The fraction of sp³-hybridized carbons (Fsp3) is 0.783. The molecule has 288 valence electrons. The molecular formula is C46H79NaO3S. The third kappa shape index (κ3) is 23.9. The van der Waals surface area contributed by atoms with Gasteiger partial charge in [0.05, 0.1) is 4.90 Å². The zero-order chi connectivity index (χ0) is 36.0. The van der Waals surface area contributed by atoms with Crippen LogP contribution < -0.4 is 29.6 Å². The first-order valence-electron chi connectivity index (χ1n) is 22.0. The van der Waals surface area contributed by atoms with Crippen molar-refractivity contribution < 1.29 is 42.5 Å². The Morgan fingerprint density at radius 3 is 1.12 bits per heavy atom. The van der Waals surface area contributed by atoms with Crippen molar-refractivity contribution in [2.45, 2.75) is 237 Å². The quantitative estimate of drug-likeness (QED) is 0.0402. The van der Waals surface area contributed by atoms with Crippen molar-refractivity contribution >= 4 is 20.9 Å². The van der Waals surface area contributed by atoms with E-state index in [0.717, 1.165) is 42.2 Å². The summed E-state index contributed by atoms with van der Waals surface area (Å²) in [5.41, 5.74) is 1.90. The third-order valence-electron chi connectivity index (χ3n) is 11.0. The average molecular weight is 735 g/mol. The molecule has 2 aromatic rings. The first kappa shape index (κ1) is 48.6. The zero-order valence-electron chi connectivity index (χ0n) is 34.1. The van der Waals surface area contributed by atoms with Gasteiger partial charge in [0.25, 0.3) is 0 Å². The number of hydrogen-bond donors (Lipinski definition) is 0. The van der Waals surface area contributed by atoms with Crippen molar-refractivity contribution in [2.75, 3.05) is 0 Å². The van der Waals surface area contributed by atoms with Crippen molar-refractivity contribution in [3.8, 4) is 0 Å². The van der Waals surface area contributed by atoms with Crippen LogP contribution in [0.3, 0.4) is 0 Å². The normalized spacial score (nSPS) is 11.7. The van der Waals surface area contributed by atoms with Crippen molar-refractivity contribution in [3.05, 3.63) is 41.5 Å². The van der Waals surface area contributed by atoms with E-state index in [9.17, 15) is 13.0 Å². The van der Waals surface area contributed by atoms with E-state index in [1.807, 2.05) is 24.3 Å². The topological polar surface area (TPSA) is 57.2 Å². The van der Waals surface area contributed by atoms with Crippen LogP contribution in [0.5, 0.6) is 0 Å². The van der Waals surface area contributed by atoms with Crippen molar-refractivity contribution in [1.29, 1.82) is 0 Å². The van der Waals surface area contributed by atoms with E-state index in [0.29, 0.717) is 11.8 Å². The molecule has 0 heterocycles. The van der Waals surface area contributed by atoms with Gasteiger partial charge in [-0.1, -0.05) is 237 Å². The molecule has 0 amide bonds. The van der Waals surface area contributed by atoms with Crippen LogP contribution in [0.15, 0.2) is 35.2 Å². The van der Waals surface area contributed by atoms with E-state index in [2.05, 4.69) is 19.9 Å². The minimum atomic E-state index is -4.57. The minimum absolute atomic E-state index is 0. The molecule has 0 aromatic heterocycles. The summed E-state index contributed by atoms with van der Waals surface area (Å²) in [5, 5.41) is 1.48. The van der Waals surface area contributed by atoms with Gasteiger partial charge in [0.15, 0.2) is 0 Å². The first-order valence-corrected chi connectivity index (χ1v) is 23.4. The molecule has 0 radical (unpaired) electrons. The molecule has 0 atom stereocenters. The molecule has 2 aromatic carbocycles. The van der Waals surface area contributed by atoms with E-state index in [4.69, 9.17) is 0 Å². The van der Waals surface area contributed by atoms with Crippen LogP contribution in [-0.4, -0.2) is 13.0 Å². The Morgan fingerprint density at radius 1 is 0.451 bits per heavy atom. The Morgan fingerprint density at radius 2 is 0.765 bits per heavy atom. The van der Waals surface area contributed by atoms with E-state index in [-0.39, 0.29) is 34.5 Å². The predicted octanol–water partition coefficient (Wildman–Crippen LogP) is 12.4. The molecule has 0 aliphatic carbocycles. The van der Waals surface area contributed by atoms with Crippen molar-refractivity contribution in [3.63, 3.8) is 0 Å². The second kappa shape index (κ2) is 33.0. The van der Waals surface area contributed by atoms with Gasteiger partial charge in [0.2, 0.25) is 0 Å². The predicted molar refractivity (Wildman–Crippen MR) is 218 cm³/mol. The summed E-state index contributed by atoms with van der Waals surface area (Å²) >= 11 is 0. The second-order valence-corrected chi connectivity index (χ2v) is 16.9. The molecule has 0 saturated heterocycles. The van der Waals surface area contributed by atoms with Crippen molar-refractivity contribution in [2.24, 2.45) is 0 Å². The molecule has 0 fully saturated rings. The maximum Gasteiger partial charge on any atom is 1.00 e. The van der Waals surface area contributed by atoms with Gasteiger partial charge < -0.3 is 4.55 Å². The van der Waals surface area contributed by atoms with Crippen LogP contribution in [0, 0.1) is 0 Å². The number of unbranched alkanes of at least 4 members (excludes halogenated alkanes) is 30. The van der Waals surface area contributed by atoms with E-state index >= 15 is 0 Å². The van der Waals surface area contributed by atoms with Gasteiger partial charge in [0, 0.05) is 0 Å². The third-order valence-corrected chi connectivity index (χ3v) is 12.0. The Hall–Kier alpha value is -0.390. The number of benzene rings is 2. The number of rotatable bonds is 35. The molecule has 0 aliphatic rings. The maximum atomic E-state index is 12.7. The van der Waals surface area contributed by atoms with Crippen LogP contribution in [0.4, 0.5) is 0 Å². The number of hydrogen-bond acceptors (Lipinski definition) is 3. The number of fused-ring (bicyclic) bond motifs is 1. The number of aryl methyl sites for hydroxylation is 1. The Balaban J connectivity index is 0.0000130. The summed E-state index contributed by atoms with van der Waals surface area (Å²) in [6, 6.07) is 9.74. The van der Waals surface area contributed by atoms with Gasteiger partial charge in [-0.05, 0) is 47.6 Å². The molecular weight excluding hydrogens is 656 g/mol. The molecule has 0 spiro atoms. The molecule has 0 bridgehead atoms. The molecule has 0 saturated carbocycles. The summed E-state index contributed by atoms with van der Waals surface area (Å²) in [5.74, 6) is 0. The Kier molecular flexibility index (Phi) is 31.5. The van der Waals surface area contributed by atoms with Crippen LogP contribution in [0.1, 0.15) is 230 Å². The maximum absolute atomic E-state index is 12.7. The Bertz CT molecular complexity index is 1190. The molecule has 3 nitrogen and oxygen atoms in total. The summed E-state index contributed by atoms with van der Waals surface area (Å²) in [6.07, 6.45) is 44.1. The summed E-state index contributed by atoms with van der Waals surface area (Å²) in [4.78, 5) is 0.0584. The van der Waals surface area contributed by atoms with Gasteiger partial charge in [-0.15, -0.1) is 0 Å². The van der Waals surface area contributed by atoms with Gasteiger partial charge >= 0.3 is 29.6 Å². The van der Waals surface area contributed by atoms with E-state index in [1.54, 1.807) is 0 Å². The molecule has 0 unspecified atom stereocenters.